The summed E-state index contributed by atoms with van der Waals surface area (Å²) in [6.45, 7) is 5.53. The Kier molecular flexibility index (Phi) is 4.60. The van der Waals surface area contributed by atoms with E-state index in [9.17, 15) is 9.59 Å². The summed E-state index contributed by atoms with van der Waals surface area (Å²) >= 11 is 0. The van der Waals surface area contributed by atoms with Crippen molar-refractivity contribution in [3.05, 3.63) is 41.7 Å². The van der Waals surface area contributed by atoms with E-state index in [0.717, 1.165) is 6.42 Å². The minimum atomic E-state index is -1.01. The molecule has 1 heterocycles. The highest BCUT2D eigenvalue weighted by atomic mass is 16.4. The van der Waals surface area contributed by atoms with Crippen LogP contribution in [0.2, 0.25) is 0 Å². The van der Waals surface area contributed by atoms with Gasteiger partial charge in [0.2, 0.25) is 5.91 Å². The van der Waals surface area contributed by atoms with Gasteiger partial charge < -0.3 is 10.4 Å². The third-order valence-electron chi connectivity index (χ3n) is 3.66. The zero-order valence-electron chi connectivity index (χ0n) is 12.8. The van der Waals surface area contributed by atoms with Gasteiger partial charge in [-0.3, -0.25) is 4.79 Å². The molecule has 0 radical (unpaired) electrons. The monoisotopic (exact) mass is 301 g/mol. The largest absolute Gasteiger partial charge is 0.478 e. The van der Waals surface area contributed by atoms with E-state index >= 15 is 0 Å². The number of aromatic nitrogens is 2. The van der Waals surface area contributed by atoms with Crippen LogP contribution in [-0.2, 0) is 4.79 Å². The molecular formula is C16H19N3O3. The van der Waals surface area contributed by atoms with Crippen molar-refractivity contribution in [2.45, 2.75) is 27.2 Å². The lowest BCUT2D eigenvalue weighted by Gasteiger charge is -2.11. The standard InChI is InChI=1S/C16H19N3O3/c1-4-10(2)15(20)18-12-6-5-7-13(8-12)19-11(3)14(9-17-19)16(21)22/h5-10H,4H2,1-3H3,(H,18,20)(H,21,22). The maximum absolute atomic E-state index is 11.9. The lowest BCUT2D eigenvalue weighted by atomic mass is 10.1. The van der Waals surface area contributed by atoms with Crippen molar-refractivity contribution in [2.24, 2.45) is 5.92 Å². The van der Waals surface area contributed by atoms with Crippen LogP contribution in [0.1, 0.15) is 36.3 Å². The lowest BCUT2D eigenvalue weighted by molar-refractivity contribution is -0.119. The van der Waals surface area contributed by atoms with E-state index < -0.39 is 5.97 Å². The molecular weight excluding hydrogens is 282 g/mol. The summed E-state index contributed by atoms with van der Waals surface area (Å²) in [5.41, 5.74) is 2.06. The Morgan fingerprint density at radius 1 is 1.41 bits per heavy atom. The average Bonchev–Trinajstić information content (AvgIpc) is 2.88. The van der Waals surface area contributed by atoms with Crippen molar-refractivity contribution in [1.82, 2.24) is 9.78 Å². The Morgan fingerprint density at radius 3 is 2.73 bits per heavy atom. The van der Waals surface area contributed by atoms with Crippen LogP contribution < -0.4 is 5.32 Å². The number of anilines is 1. The van der Waals surface area contributed by atoms with Gasteiger partial charge in [0.25, 0.3) is 0 Å². The second-order valence-corrected chi connectivity index (χ2v) is 5.21. The number of carboxylic acids is 1. The summed E-state index contributed by atoms with van der Waals surface area (Å²) in [5.74, 6) is -1.11. The topological polar surface area (TPSA) is 84.2 Å². The highest BCUT2D eigenvalue weighted by Crippen LogP contribution is 2.18. The fourth-order valence-corrected chi connectivity index (χ4v) is 2.05. The van der Waals surface area contributed by atoms with Crippen LogP contribution in [-0.4, -0.2) is 26.8 Å². The van der Waals surface area contributed by atoms with Gasteiger partial charge >= 0.3 is 5.97 Å². The van der Waals surface area contributed by atoms with Gasteiger partial charge in [-0.05, 0) is 31.5 Å². The molecule has 1 amide bonds. The zero-order chi connectivity index (χ0) is 16.3. The van der Waals surface area contributed by atoms with Crippen LogP contribution in [0.3, 0.4) is 0 Å². The van der Waals surface area contributed by atoms with Crippen LogP contribution in [0.5, 0.6) is 0 Å². The van der Waals surface area contributed by atoms with Crippen LogP contribution in [0.25, 0.3) is 5.69 Å². The lowest BCUT2D eigenvalue weighted by Crippen LogP contribution is -2.19. The Hall–Kier alpha value is -2.63. The van der Waals surface area contributed by atoms with Crippen LogP contribution in [0.15, 0.2) is 30.5 Å². The molecule has 0 fully saturated rings. The third kappa shape index (κ3) is 3.16. The molecule has 2 aromatic rings. The molecule has 0 saturated heterocycles. The fraction of sp³-hybridized carbons (Fsp3) is 0.312. The molecule has 0 aliphatic carbocycles. The van der Waals surface area contributed by atoms with Gasteiger partial charge in [-0.2, -0.15) is 5.10 Å². The second-order valence-electron chi connectivity index (χ2n) is 5.21. The van der Waals surface area contributed by atoms with Crippen molar-refractivity contribution in [1.29, 1.82) is 0 Å². The minimum Gasteiger partial charge on any atom is -0.478 e. The molecule has 0 spiro atoms. The smallest absolute Gasteiger partial charge is 0.339 e. The number of aromatic carboxylic acids is 1. The number of nitrogens with zero attached hydrogens (tertiary/aromatic N) is 2. The SMILES string of the molecule is CCC(C)C(=O)Nc1cccc(-n2ncc(C(=O)O)c2C)c1. The quantitative estimate of drug-likeness (QED) is 0.889. The number of amides is 1. The Morgan fingerprint density at radius 2 is 2.14 bits per heavy atom. The van der Waals surface area contributed by atoms with Crippen LogP contribution >= 0.6 is 0 Å². The highest BCUT2D eigenvalue weighted by Gasteiger charge is 2.15. The van der Waals surface area contributed by atoms with Crippen molar-refractivity contribution >= 4 is 17.6 Å². The minimum absolute atomic E-state index is 0.0388. The summed E-state index contributed by atoms with van der Waals surface area (Å²) in [6, 6.07) is 7.17. The van der Waals surface area contributed by atoms with Crippen molar-refractivity contribution in [2.75, 3.05) is 5.32 Å². The first-order valence-electron chi connectivity index (χ1n) is 7.13. The number of rotatable bonds is 5. The number of carbonyl (C=O) groups excluding carboxylic acids is 1. The molecule has 1 aromatic heterocycles. The summed E-state index contributed by atoms with van der Waals surface area (Å²) < 4.78 is 1.54. The zero-order valence-corrected chi connectivity index (χ0v) is 12.8. The molecule has 2 rings (SSSR count). The Labute approximate surface area is 128 Å². The molecule has 0 aliphatic rings. The molecule has 1 unspecified atom stereocenters. The summed E-state index contributed by atoms with van der Waals surface area (Å²) in [4.78, 5) is 23.0. The second kappa shape index (κ2) is 6.43. The van der Waals surface area contributed by atoms with Gasteiger partial charge in [0.15, 0.2) is 0 Å². The molecule has 1 atom stereocenters. The molecule has 0 aliphatic heterocycles. The number of hydrogen-bond acceptors (Lipinski definition) is 3. The summed E-state index contributed by atoms with van der Waals surface area (Å²) in [7, 11) is 0. The summed E-state index contributed by atoms with van der Waals surface area (Å²) in [5, 5.41) is 16.0. The van der Waals surface area contributed by atoms with Crippen LogP contribution in [0, 0.1) is 12.8 Å². The van der Waals surface area contributed by atoms with E-state index in [0.29, 0.717) is 17.1 Å². The van der Waals surface area contributed by atoms with Gasteiger partial charge in [-0.1, -0.05) is 19.9 Å². The number of hydrogen-bond donors (Lipinski definition) is 2. The first-order valence-corrected chi connectivity index (χ1v) is 7.13. The van der Waals surface area contributed by atoms with Gasteiger partial charge in [-0.15, -0.1) is 0 Å². The maximum atomic E-state index is 11.9. The molecule has 6 heteroatoms. The first-order chi connectivity index (χ1) is 10.4. The van der Waals surface area contributed by atoms with Gasteiger partial charge in [0, 0.05) is 11.6 Å². The molecule has 6 nitrogen and oxygen atoms in total. The maximum Gasteiger partial charge on any atom is 0.339 e. The molecule has 0 bridgehead atoms. The Bertz CT molecular complexity index is 706. The summed E-state index contributed by atoms with van der Waals surface area (Å²) in [6.07, 6.45) is 2.09. The number of nitrogens with one attached hydrogen (secondary N) is 1. The van der Waals surface area contributed by atoms with E-state index in [4.69, 9.17) is 5.11 Å². The number of carboxylic acid groups (broad SMARTS) is 1. The van der Waals surface area contributed by atoms with E-state index in [2.05, 4.69) is 10.4 Å². The van der Waals surface area contributed by atoms with E-state index in [1.807, 2.05) is 19.9 Å². The van der Waals surface area contributed by atoms with Crippen molar-refractivity contribution in [3.8, 4) is 5.69 Å². The van der Waals surface area contributed by atoms with Gasteiger partial charge in [0.05, 0.1) is 17.6 Å². The van der Waals surface area contributed by atoms with E-state index in [1.165, 1.54) is 6.20 Å². The van der Waals surface area contributed by atoms with E-state index in [-0.39, 0.29) is 17.4 Å². The molecule has 2 N–H and O–H groups in total. The Balaban J connectivity index is 2.29. The number of carbonyl (C=O) groups is 2. The molecule has 1 aromatic carbocycles. The molecule has 116 valence electrons. The van der Waals surface area contributed by atoms with E-state index in [1.54, 1.807) is 29.8 Å². The molecule has 0 saturated carbocycles. The van der Waals surface area contributed by atoms with Crippen molar-refractivity contribution in [3.63, 3.8) is 0 Å². The highest BCUT2D eigenvalue weighted by molar-refractivity contribution is 5.92. The van der Waals surface area contributed by atoms with Crippen LogP contribution in [0.4, 0.5) is 5.69 Å². The fourth-order valence-electron chi connectivity index (χ4n) is 2.05. The van der Waals surface area contributed by atoms with Crippen molar-refractivity contribution < 1.29 is 14.7 Å². The normalized spacial score (nSPS) is 12.0. The number of benzene rings is 1. The first kappa shape index (κ1) is 15.8. The predicted octanol–water partition coefficient (Wildman–Crippen LogP) is 2.86. The van der Waals surface area contributed by atoms with Gasteiger partial charge in [-0.25, -0.2) is 9.48 Å². The molecule has 22 heavy (non-hydrogen) atoms. The predicted molar refractivity (Wildman–Crippen MR) is 83.3 cm³/mol. The van der Waals surface area contributed by atoms with Gasteiger partial charge in [0.1, 0.15) is 5.56 Å². The third-order valence-corrected chi connectivity index (χ3v) is 3.66. The average molecular weight is 301 g/mol.